The number of carbonyl (C=O) groups is 1. The van der Waals surface area contributed by atoms with Gasteiger partial charge < -0.3 is 11.1 Å². The van der Waals surface area contributed by atoms with Crippen molar-refractivity contribution in [3.8, 4) is 0 Å². The summed E-state index contributed by atoms with van der Waals surface area (Å²) >= 11 is 0. The molecule has 0 aromatic heterocycles. The minimum Gasteiger partial charge on any atom is -0.356 e. The van der Waals surface area contributed by atoms with E-state index < -0.39 is 0 Å². The van der Waals surface area contributed by atoms with Crippen LogP contribution >= 0.6 is 0 Å². The highest BCUT2D eigenvalue weighted by molar-refractivity contribution is 5.75. The van der Waals surface area contributed by atoms with Crippen LogP contribution in [0.5, 0.6) is 0 Å². The van der Waals surface area contributed by atoms with Crippen LogP contribution in [-0.4, -0.2) is 18.0 Å². The monoisotopic (exact) mass is 252 g/mol. The maximum atomic E-state index is 12.7. The van der Waals surface area contributed by atoms with Crippen molar-refractivity contribution in [1.82, 2.24) is 5.32 Å². The lowest BCUT2D eigenvalue weighted by atomic mass is 10.00. The molecule has 0 radical (unpaired) electrons. The van der Waals surface area contributed by atoms with Gasteiger partial charge in [0.15, 0.2) is 0 Å². The fourth-order valence-corrected chi connectivity index (χ4v) is 1.52. The summed E-state index contributed by atoms with van der Waals surface area (Å²) in [5.74, 6) is -0.233. The molecule has 0 saturated heterocycles. The summed E-state index contributed by atoms with van der Waals surface area (Å²) in [6.07, 6.45) is 1.81. The third-order valence-corrected chi connectivity index (χ3v) is 2.65. The molecule has 1 amide bonds. The van der Waals surface area contributed by atoms with E-state index in [-0.39, 0.29) is 17.3 Å². The van der Waals surface area contributed by atoms with Crippen LogP contribution in [0.15, 0.2) is 24.3 Å². The molecule has 0 heterocycles. The number of hydrogen-bond donors (Lipinski definition) is 2. The van der Waals surface area contributed by atoms with Gasteiger partial charge in [0.1, 0.15) is 5.82 Å². The quantitative estimate of drug-likeness (QED) is 0.813. The maximum Gasteiger partial charge on any atom is 0.220 e. The van der Waals surface area contributed by atoms with E-state index in [1.165, 1.54) is 12.1 Å². The SMILES string of the molecule is CC(C)(N)CCC(=O)NCCc1ccc(F)cc1. The van der Waals surface area contributed by atoms with Gasteiger partial charge in [0.2, 0.25) is 5.91 Å². The number of halogens is 1. The van der Waals surface area contributed by atoms with Crippen LogP contribution in [0.3, 0.4) is 0 Å². The van der Waals surface area contributed by atoms with Crippen molar-refractivity contribution in [3.05, 3.63) is 35.6 Å². The molecule has 100 valence electrons. The Morgan fingerprint density at radius 2 is 1.94 bits per heavy atom. The van der Waals surface area contributed by atoms with Gasteiger partial charge in [-0.15, -0.1) is 0 Å². The van der Waals surface area contributed by atoms with E-state index in [9.17, 15) is 9.18 Å². The zero-order valence-electron chi connectivity index (χ0n) is 11.0. The van der Waals surface area contributed by atoms with E-state index in [0.717, 1.165) is 5.56 Å². The minimum atomic E-state index is -0.311. The number of amides is 1. The Morgan fingerprint density at radius 1 is 1.33 bits per heavy atom. The van der Waals surface area contributed by atoms with Crippen LogP contribution in [0.1, 0.15) is 32.3 Å². The fraction of sp³-hybridized carbons (Fsp3) is 0.500. The standard InChI is InChI=1S/C14H21FN2O/c1-14(2,16)9-7-13(18)17-10-8-11-3-5-12(15)6-4-11/h3-6H,7-10,16H2,1-2H3,(H,17,18). The second kappa shape index (κ2) is 6.50. The Morgan fingerprint density at radius 3 is 2.50 bits per heavy atom. The summed E-state index contributed by atoms with van der Waals surface area (Å²) < 4.78 is 12.7. The van der Waals surface area contributed by atoms with Gasteiger partial charge in [0.25, 0.3) is 0 Å². The Labute approximate surface area is 108 Å². The highest BCUT2D eigenvalue weighted by atomic mass is 19.1. The second-order valence-electron chi connectivity index (χ2n) is 5.22. The zero-order valence-corrected chi connectivity index (χ0v) is 11.0. The van der Waals surface area contributed by atoms with Crippen molar-refractivity contribution in [2.24, 2.45) is 5.73 Å². The Kier molecular flexibility index (Phi) is 5.28. The summed E-state index contributed by atoms with van der Waals surface area (Å²) in [6, 6.07) is 6.30. The van der Waals surface area contributed by atoms with E-state index in [0.29, 0.717) is 25.8 Å². The third-order valence-electron chi connectivity index (χ3n) is 2.65. The zero-order chi connectivity index (χ0) is 13.6. The van der Waals surface area contributed by atoms with E-state index in [1.807, 2.05) is 13.8 Å². The first-order valence-corrected chi connectivity index (χ1v) is 6.17. The van der Waals surface area contributed by atoms with Gasteiger partial charge in [-0.25, -0.2) is 4.39 Å². The summed E-state index contributed by atoms with van der Waals surface area (Å²) in [5, 5.41) is 2.83. The maximum absolute atomic E-state index is 12.7. The highest BCUT2D eigenvalue weighted by Crippen LogP contribution is 2.06. The lowest BCUT2D eigenvalue weighted by Crippen LogP contribution is -2.34. The topological polar surface area (TPSA) is 55.1 Å². The number of nitrogens with one attached hydrogen (secondary N) is 1. The number of nitrogens with two attached hydrogens (primary N) is 1. The molecule has 4 heteroatoms. The van der Waals surface area contributed by atoms with Crippen molar-refractivity contribution in [1.29, 1.82) is 0 Å². The molecule has 0 unspecified atom stereocenters. The lowest BCUT2D eigenvalue weighted by Gasteiger charge is -2.17. The summed E-state index contributed by atoms with van der Waals surface area (Å²) in [5.41, 5.74) is 6.50. The number of benzene rings is 1. The van der Waals surface area contributed by atoms with Crippen molar-refractivity contribution in [3.63, 3.8) is 0 Å². The van der Waals surface area contributed by atoms with Crippen LogP contribution < -0.4 is 11.1 Å². The summed E-state index contributed by atoms with van der Waals surface area (Å²) in [7, 11) is 0. The molecule has 0 atom stereocenters. The van der Waals surface area contributed by atoms with Gasteiger partial charge in [-0.05, 0) is 44.4 Å². The van der Waals surface area contributed by atoms with Gasteiger partial charge in [-0.1, -0.05) is 12.1 Å². The second-order valence-corrected chi connectivity index (χ2v) is 5.22. The largest absolute Gasteiger partial charge is 0.356 e. The Balaban J connectivity index is 2.21. The molecule has 1 aromatic rings. The fourth-order valence-electron chi connectivity index (χ4n) is 1.52. The number of rotatable bonds is 6. The summed E-state index contributed by atoms with van der Waals surface area (Å²) in [4.78, 5) is 11.5. The van der Waals surface area contributed by atoms with Gasteiger partial charge in [-0.3, -0.25) is 4.79 Å². The van der Waals surface area contributed by atoms with E-state index >= 15 is 0 Å². The van der Waals surface area contributed by atoms with Crippen molar-refractivity contribution < 1.29 is 9.18 Å². The number of carbonyl (C=O) groups excluding carboxylic acids is 1. The molecule has 3 N–H and O–H groups in total. The van der Waals surface area contributed by atoms with Crippen LogP contribution in [0.2, 0.25) is 0 Å². The van der Waals surface area contributed by atoms with Crippen molar-refractivity contribution in [2.75, 3.05) is 6.54 Å². The smallest absolute Gasteiger partial charge is 0.220 e. The first kappa shape index (κ1) is 14.6. The first-order chi connectivity index (χ1) is 8.37. The first-order valence-electron chi connectivity index (χ1n) is 6.17. The van der Waals surface area contributed by atoms with Crippen LogP contribution in [-0.2, 0) is 11.2 Å². The molecule has 0 saturated carbocycles. The van der Waals surface area contributed by atoms with Crippen molar-refractivity contribution in [2.45, 2.75) is 38.6 Å². The predicted molar refractivity (Wildman–Crippen MR) is 70.6 cm³/mol. The van der Waals surface area contributed by atoms with Crippen LogP contribution in [0, 0.1) is 5.82 Å². The lowest BCUT2D eigenvalue weighted by molar-refractivity contribution is -0.121. The molecule has 0 spiro atoms. The molecule has 1 aromatic carbocycles. The minimum absolute atomic E-state index is 0.00985. The molecule has 0 aliphatic rings. The molecule has 3 nitrogen and oxygen atoms in total. The third kappa shape index (κ3) is 6.35. The van der Waals surface area contributed by atoms with Crippen LogP contribution in [0.25, 0.3) is 0 Å². The average molecular weight is 252 g/mol. The summed E-state index contributed by atoms with van der Waals surface area (Å²) in [6.45, 7) is 4.37. The molecular formula is C14H21FN2O. The van der Waals surface area contributed by atoms with Crippen LogP contribution in [0.4, 0.5) is 4.39 Å². The van der Waals surface area contributed by atoms with Gasteiger partial charge in [0, 0.05) is 18.5 Å². The van der Waals surface area contributed by atoms with Gasteiger partial charge in [0.05, 0.1) is 0 Å². The normalized spacial score (nSPS) is 11.3. The van der Waals surface area contributed by atoms with Crippen molar-refractivity contribution >= 4 is 5.91 Å². The van der Waals surface area contributed by atoms with E-state index in [2.05, 4.69) is 5.32 Å². The molecular weight excluding hydrogens is 231 g/mol. The highest BCUT2D eigenvalue weighted by Gasteiger charge is 2.12. The Bertz CT molecular complexity index is 382. The predicted octanol–water partition coefficient (Wildman–Crippen LogP) is 2.00. The van der Waals surface area contributed by atoms with Gasteiger partial charge >= 0.3 is 0 Å². The van der Waals surface area contributed by atoms with E-state index in [4.69, 9.17) is 5.73 Å². The molecule has 1 rings (SSSR count). The van der Waals surface area contributed by atoms with Gasteiger partial charge in [-0.2, -0.15) is 0 Å². The average Bonchev–Trinajstić information content (AvgIpc) is 2.28. The molecule has 0 aliphatic heterocycles. The van der Waals surface area contributed by atoms with E-state index in [1.54, 1.807) is 12.1 Å². The number of hydrogen-bond acceptors (Lipinski definition) is 2. The molecule has 18 heavy (non-hydrogen) atoms. The Hall–Kier alpha value is -1.42. The molecule has 0 bridgehead atoms. The molecule has 0 aliphatic carbocycles. The molecule has 0 fully saturated rings.